The van der Waals surface area contributed by atoms with Gasteiger partial charge in [-0.1, -0.05) is 19.1 Å². The van der Waals surface area contributed by atoms with Gasteiger partial charge < -0.3 is 10.2 Å². The first-order valence-electron chi connectivity index (χ1n) is 13.7. The minimum absolute atomic E-state index is 0.115. The first kappa shape index (κ1) is 27.9. The Morgan fingerprint density at radius 3 is 2.45 bits per heavy atom. The molecular formula is C31H30BrN7O3. The van der Waals surface area contributed by atoms with Crippen LogP contribution in [-0.2, 0) is 16.1 Å². The van der Waals surface area contributed by atoms with Gasteiger partial charge in [-0.25, -0.2) is 15.0 Å². The van der Waals surface area contributed by atoms with Crippen molar-refractivity contribution < 1.29 is 14.4 Å². The zero-order chi connectivity index (χ0) is 29.9. The monoisotopic (exact) mass is 627 g/mol. The third-order valence-corrected chi connectivity index (χ3v) is 8.56. The molecule has 4 aromatic rings. The largest absolute Gasteiger partial charge is 0.322 e. The number of likely N-dealkylation sites (tertiary alicyclic amines) is 1. The number of carbonyl (C=O) groups excluding carboxylic acids is 3. The zero-order valence-corrected chi connectivity index (χ0v) is 25.6. The van der Waals surface area contributed by atoms with Crippen LogP contribution >= 0.6 is 15.9 Å². The number of rotatable bonds is 6. The molecule has 1 N–H and O–H groups in total. The average molecular weight is 629 g/mol. The molecular weight excluding hydrogens is 598 g/mol. The van der Waals surface area contributed by atoms with Crippen molar-refractivity contribution >= 4 is 50.2 Å². The predicted octanol–water partition coefficient (Wildman–Crippen LogP) is 4.96. The maximum Gasteiger partial charge on any atom is 0.248 e. The first-order chi connectivity index (χ1) is 19.9. The van der Waals surface area contributed by atoms with Gasteiger partial charge in [-0.2, -0.15) is 5.10 Å². The van der Waals surface area contributed by atoms with E-state index in [-0.39, 0.29) is 41.3 Å². The van der Waals surface area contributed by atoms with Crippen LogP contribution in [0.1, 0.15) is 47.7 Å². The summed E-state index contributed by atoms with van der Waals surface area (Å²) in [5, 5.41) is 8.16. The second-order valence-corrected chi connectivity index (χ2v) is 12.3. The quantitative estimate of drug-likeness (QED) is 0.182. The predicted molar refractivity (Wildman–Crippen MR) is 162 cm³/mol. The molecule has 10 nitrogen and oxygen atoms in total. The Hall–Kier alpha value is -4.25. The fourth-order valence-corrected chi connectivity index (χ4v) is 6.64. The van der Waals surface area contributed by atoms with E-state index in [0.29, 0.717) is 33.6 Å². The maximum absolute atomic E-state index is 14.0. The number of nitrogens with one attached hydrogen (secondary N) is 1. The summed E-state index contributed by atoms with van der Waals surface area (Å²) in [6.45, 7) is 9.08. The summed E-state index contributed by atoms with van der Waals surface area (Å²) >= 11 is 3.38. The number of fused-ring (bicyclic) bond motifs is 2. The number of aryl methyl sites for hydroxylation is 3. The topological polar surface area (TPSA) is 123 Å². The lowest BCUT2D eigenvalue weighted by molar-refractivity contribution is -0.139. The SMILES string of the molecule is CC(=O)c1nn(CC(=O)N2[C@H](C(=O)Nc3cc(C)cc(Br)n3)C[C@@]3(C)C=C[C@@H]23)c2c(C)cc(-c3cnc(C)nc3)cc12. The smallest absolute Gasteiger partial charge is 0.248 e. The minimum atomic E-state index is -0.688. The Labute approximate surface area is 251 Å². The van der Waals surface area contributed by atoms with Crippen molar-refractivity contribution in [2.45, 2.75) is 59.7 Å². The molecule has 0 radical (unpaired) electrons. The van der Waals surface area contributed by atoms with Crippen LogP contribution in [0.4, 0.5) is 5.82 Å². The second kappa shape index (κ2) is 10.2. The highest BCUT2D eigenvalue weighted by Gasteiger charge is 2.55. The molecule has 2 aliphatic rings. The van der Waals surface area contributed by atoms with Crippen LogP contribution in [-0.4, -0.2) is 59.3 Å². The summed E-state index contributed by atoms with van der Waals surface area (Å²) < 4.78 is 2.21. The van der Waals surface area contributed by atoms with Crippen LogP contribution in [0.2, 0.25) is 0 Å². The van der Waals surface area contributed by atoms with Crippen LogP contribution in [0.25, 0.3) is 22.0 Å². The van der Waals surface area contributed by atoms with E-state index in [1.807, 2.05) is 45.0 Å². The van der Waals surface area contributed by atoms with Crippen LogP contribution in [0, 0.1) is 26.2 Å². The molecule has 0 spiro atoms. The van der Waals surface area contributed by atoms with Gasteiger partial charge >= 0.3 is 0 Å². The number of hydrogen-bond acceptors (Lipinski definition) is 7. The van der Waals surface area contributed by atoms with E-state index in [9.17, 15) is 14.4 Å². The van der Waals surface area contributed by atoms with E-state index in [4.69, 9.17) is 0 Å². The minimum Gasteiger partial charge on any atom is -0.322 e. The van der Waals surface area contributed by atoms with E-state index in [0.717, 1.165) is 22.3 Å². The Bertz CT molecular complexity index is 1790. The van der Waals surface area contributed by atoms with Gasteiger partial charge in [0.15, 0.2) is 5.78 Å². The number of halogens is 1. The normalized spacial score (nSPS) is 20.9. The molecule has 0 unspecified atom stereocenters. The molecule has 1 saturated heterocycles. The van der Waals surface area contributed by atoms with Crippen LogP contribution in [0.5, 0.6) is 0 Å². The van der Waals surface area contributed by atoms with Crippen LogP contribution in [0.3, 0.4) is 0 Å². The van der Waals surface area contributed by atoms with E-state index >= 15 is 0 Å². The zero-order valence-electron chi connectivity index (χ0n) is 24.0. The van der Waals surface area contributed by atoms with Crippen molar-refractivity contribution in [1.82, 2.24) is 29.6 Å². The summed E-state index contributed by atoms with van der Waals surface area (Å²) in [5.74, 6) is 0.351. The summed E-state index contributed by atoms with van der Waals surface area (Å²) in [6, 6.07) is 6.63. The lowest BCUT2D eigenvalue weighted by Crippen LogP contribution is -2.50. The fourth-order valence-electron chi connectivity index (χ4n) is 6.09. The van der Waals surface area contributed by atoms with Crippen molar-refractivity contribution in [2.75, 3.05) is 5.32 Å². The van der Waals surface area contributed by atoms with Gasteiger partial charge in [-0.3, -0.25) is 19.1 Å². The van der Waals surface area contributed by atoms with Gasteiger partial charge in [0.05, 0.1) is 11.6 Å². The molecule has 4 heterocycles. The van der Waals surface area contributed by atoms with Crippen molar-refractivity contribution in [1.29, 1.82) is 0 Å². The second-order valence-electron chi connectivity index (χ2n) is 11.4. The molecule has 1 aliphatic heterocycles. The Balaban J connectivity index is 1.33. The molecule has 0 saturated carbocycles. The number of ketones is 1. The van der Waals surface area contributed by atoms with Gasteiger partial charge in [-0.15, -0.1) is 0 Å². The number of nitrogens with zero attached hydrogens (tertiary/aromatic N) is 6. The van der Waals surface area contributed by atoms with Crippen molar-refractivity contribution in [3.05, 3.63) is 76.1 Å². The molecule has 0 bridgehead atoms. The molecule has 1 fully saturated rings. The number of anilines is 1. The van der Waals surface area contributed by atoms with E-state index in [2.05, 4.69) is 54.3 Å². The molecule has 1 aromatic carbocycles. The standard InChI is InChI=1S/C31H30BrN7O3/c1-16-8-25(32)35-26(9-16)36-30(42)23-12-31(5)7-6-24(31)39(23)27(41)15-38-29-17(2)10-20(21-13-33-19(4)34-14-21)11-22(29)28(37-38)18(3)40/h6-11,13-14,23-24H,12,15H2,1-5H3,(H,35,36,42)/t23-,24+,31+/m0/s1. The number of hydrogen-bond donors (Lipinski definition) is 1. The van der Waals surface area contributed by atoms with E-state index in [1.54, 1.807) is 28.0 Å². The number of carbonyl (C=O) groups is 3. The summed E-state index contributed by atoms with van der Waals surface area (Å²) in [6.07, 6.45) is 8.02. The highest BCUT2D eigenvalue weighted by molar-refractivity contribution is 9.10. The molecule has 1 aliphatic carbocycles. The molecule has 3 atom stereocenters. The first-order valence-corrected chi connectivity index (χ1v) is 14.5. The molecule has 6 rings (SSSR count). The van der Waals surface area contributed by atoms with Crippen molar-refractivity contribution in [2.24, 2.45) is 5.41 Å². The van der Waals surface area contributed by atoms with Crippen molar-refractivity contribution in [3.63, 3.8) is 0 Å². The summed E-state index contributed by atoms with van der Waals surface area (Å²) in [5.41, 5.74) is 4.17. The maximum atomic E-state index is 14.0. The Morgan fingerprint density at radius 1 is 1.07 bits per heavy atom. The Morgan fingerprint density at radius 2 is 1.81 bits per heavy atom. The van der Waals surface area contributed by atoms with Gasteiger partial charge in [0.2, 0.25) is 11.8 Å². The average Bonchev–Trinajstić information content (AvgIpc) is 3.37. The molecule has 214 valence electrons. The number of aromatic nitrogens is 5. The van der Waals surface area contributed by atoms with E-state index in [1.165, 1.54) is 6.92 Å². The fraction of sp³-hybridized carbons (Fsp3) is 0.323. The van der Waals surface area contributed by atoms with Gasteiger partial charge in [0, 0.05) is 35.7 Å². The molecule has 11 heteroatoms. The molecule has 2 amide bonds. The third-order valence-electron chi connectivity index (χ3n) is 8.15. The third kappa shape index (κ3) is 4.81. The highest BCUT2D eigenvalue weighted by Crippen LogP contribution is 2.49. The number of Topliss-reactive ketones (excluding diaryl/α,β-unsaturated/α-hetero) is 1. The van der Waals surface area contributed by atoms with Crippen molar-refractivity contribution in [3.8, 4) is 11.1 Å². The number of amides is 2. The van der Waals surface area contributed by atoms with Crippen LogP contribution < -0.4 is 5.32 Å². The summed E-state index contributed by atoms with van der Waals surface area (Å²) in [4.78, 5) is 54.8. The molecule has 3 aromatic heterocycles. The van der Waals surface area contributed by atoms with Gasteiger partial charge in [0.25, 0.3) is 0 Å². The lowest BCUT2D eigenvalue weighted by atomic mass is 9.73. The van der Waals surface area contributed by atoms with Crippen LogP contribution in [0.15, 0.2) is 53.4 Å². The Kier molecular flexibility index (Phi) is 6.80. The molecule has 42 heavy (non-hydrogen) atoms. The van der Waals surface area contributed by atoms with E-state index < -0.39 is 6.04 Å². The number of pyridine rings is 1. The van der Waals surface area contributed by atoms with Gasteiger partial charge in [-0.05, 0) is 84.1 Å². The highest BCUT2D eigenvalue weighted by atomic mass is 79.9. The summed E-state index contributed by atoms with van der Waals surface area (Å²) in [7, 11) is 0. The lowest BCUT2D eigenvalue weighted by Gasteiger charge is -2.38. The number of benzene rings is 1. The van der Waals surface area contributed by atoms with Gasteiger partial charge in [0.1, 0.15) is 34.5 Å².